The van der Waals surface area contributed by atoms with Crippen LogP contribution in [-0.2, 0) is 5.41 Å². The maximum atomic E-state index is 2.59. The van der Waals surface area contributed by atoms with Crippen LogP contribution in [0.3, 0.4) is 0 Å². The van der Waals surface area contributed by atoms with E-state index in [1.807, 2.05) is 11.8 Å². The lowest BCUT2D eigenvalue weighted by atomic mass is 9.64. The van der Waals surface area contributed by atoms with Gasteiger partial charge in [0, 0.05) is 26.6 Å². The first-order valence-corrected chi connectivity index (χ1v) is 25.7. The Balaban J connectivity index is 1.07. The van der Waals surface area contributed by atoms with Gasteiger partial charge in [0.25, 0.3) is 0 Å². The van der Waals surface area contributed by atoms with Crippen molar-refractivity contribution in [3.05, 3.63) is 283 Å². The molecule has 0 saturated carbocycles. The molecule has 1 nitrogen and oxygen atoms in total. The Morgan fingerprint density at radius 2 is 0.818 bits per heavy atom. The fourth-order valence-electron chi connectivity index (χ4n) is 11.6. The van der Waals surface area contributed by atoms with E-state index < -0.39 is 13.5 Å². The minimum absolute atomic E-state index is 0.522. The third-order valence-corrected chi connectivity index (χ3v) is 20.3. The second kappa shape index (κ2) is 15.5. The van der Waals surface area contributed by atoms with E-state index in [9.17, 15) is 0 Å². The number of anilines is 3. The zero-order chi connectivity index (χ0) is 43.7. The summed E-state index contributed by atoms with van der Waals surface area (Å²) >= 11 is 1.90. The monoisotopic (exact) mass is 873 g/mol. The van der Waals surface area contributed by atoms with Gasteiger partial charge in [-0.1, -0.05) is 230 Å². The topological polar surface area (TPSA) is 3.24 Å². The van der Waals surface area contributed by atoms with E-state index in [4.69, 9.17) is 0 Å². The normalized spacial score (nSPS) is 13.9. The largest absolute Gasteiger partial charge is 0.310 e. The number of benzene rings is 11. The number of para-hydroxylation sites is 1. The molecule has 0 atom stereocenters. The van der Waals surface area contributed by atoms with Crippen molar-refractivity contribution in [2.45, 2.75) is 15.2 Å². The van der Waals surface area contributed by atoms with Crippen molar-refractivity contribution in [1.29, 1.82) is 0 Å². The van der Waals surface area contributed by atoms with Gasteiger partial charge in [-0.05, 0) is 113 Å². The number of rotatable bonds is 6. The summed E-state index contributed by atoms with van der Waals surface area (Å²) in [7, 11) is -2.97. The van der Waals surface area contributed by atoms with Gasteiger partial charge in [-0.25, -0.2) is 0 Å². The van der Waals surface area contributed by atoms with Crippen molar-refractivity contribution >= 4 is 79.2 Å². The smallest absolute Gasteiger partial charge is 0.180 e. The maximum Gasteiger partial charge on any atom is 0.180 e. The second-order valence-electron chi connectivity index (χ2n) is 17.5. The van der Waals surface area contributed by atoms with Crippen LogP contribution in [0, 0.1) is 0 Å². The molecule has 2 heterocycles. The van der Waals surface area contributed by atoms with E-state index in [0.29, 0.717) is 0 Å². The molecule has 0 fully saturated rings. The molecule has 0 bridgehead atoms. The van der Waals surface area contributed by atoms with E-state index in [0.717, 1.165) is 17.1 Å². The predicted molar refractivity (Wildman–Crippen MR) is 281 cm³/mol. The zero-order valence-electron chi connectivity index (χ0n) is 36.2. The predicted octanol–water partition coefficient (Wildman–Crippen LogP) is 13.7. The molecule has 0 saturated heterocycles. The second-order valence-corrected chi connectivity index (χ2v) is 22.3. The first kappa shape index (κ1) is 38.7. The number of hydrogen-bond acceptors (Lipinski definition) is 2. The molecule has 2 aliphatic heterocycles. The molecule has 66 heavy (non-hydrogen) atoms. The Morgan fingerprint density at radius 1 is 0.333 bits per heavy atom. The van der Waals surface area contributed by atoms with Crippen molar-refractivity contribution in [2.24, 2.45) is 0 Å². The van der Waals surface area contributed by atoms with Gasteiger partial charge in [-0.2, -0.15) is 0 Å². The first-order valence-electron chi connectivity index (χ1n) is 22.8. The highest BCUT2D eigenvalue weighted by Gasteiger charge is 2.57. The van der Waals surface area contributed by atoms with Crippen LogP contribution in [0.5, 0.6) is 0 Å². The minimum atomic E-state index is -2.97. The van der Waals surface area contributed by atoms with Gasteiger partial charge in [-0.15, -0.1) is 0 Å². The van der Waals surface area contributed by atoms with Crippen LogP contribution in [-0.4, -0.2) is 8.07 Å². The number of nitrogens with zero attached hydrogens (tertiary/aromatic N) is 1. The molecule has 13 rings (SSSR count). The van der Waals surface area contributed by atoms with Crippen LogP contribution in [0.4, 0.5) is 17.1 Å². The Morgan fingerprint density at radius 3 is 1.48 bits per heavy atom. The van der Waals surface area contributed by atoms with Gasteiger partial charge in [0.05, 0.1) is 11.1 Å². The third-order valence-electron chi connectivity index (χ3n) is 14.2. The molecule has 0 N–H and O–H groups in total. The molecule has 0 aromatic heterocycles. The molecule has 0 amide bonds. The maximum absolute atomic E-state index is 2.97. The summed E-state index contributed by atoms with van der Waals surface area (Å²) in [6, 6.07) is 98.1. The van der Waals surface area contributed by atoms with Crippen LogP contribution in [0.2, 0.25) is 0 Å². The van der Waals surface area contributed by atoms with Crippen LogP contribution in [0.1, 0.15) is 22.3 Å². The lowest BCUT2D eigenvalue weighted by molar-refractivity contribution is 0.707. The average molecular weight is 874 g/mol. The molecule has 11 aromatic rings. The summed E-state index contributed by atoms with van der Waals surface area (Å²) in [5.74, 6) is 0. The summed E-state index contributed by atoms with van der Waals surface area (Å²) < 4.78 is 0. The quantitative estimate of drug-likeness (QED) is 0.121. The Bertz CT molecular complexity index is 3540. The van der Waals surface area contributed by atoms with Gasteiger partial charge < -0.3 is 4.90 Å². The standard InChI is InChI=1S/C63H43NSSi/c1-4-21-47(22-5-1)64(58-42-46-20-10-11-27-51(46)52-28-12-13-29-53(52)58)48-39-36-44(37-40-48)45-38-41-57-62(43-45)66(49-23-6-2-7-24-49,50-25-8-3-9-26-50)61-35-19-16-32-56(61)63(57)54-30-14-17-33-59(54)65-60-34-18-15-31-55(60)63/h1-43H. The molecule has 3 heteroatoms. The third kappa shape index (κ3) is 5.67. The van der Waals surface area contributed by atoms with E-state index in [2.05, 4.69) is 266 Å². The summed E-state index contributed by atoms with van der Waals surface area (Å²) in [6.45, 7) is 0. The van der Waals surface area contributed by atoms with Crippen LogP contribution >= 0.6 is 11.8 Å². The van der Waals surface area contributed by atoms with E-state index >= 15 is 0 Å². The van der Waals surface area contributed by atoms with Gasteiger partial charge in [0.1, 0.15) is 0 Å². The highest BCUT2D eigenvalue weighted by atomic mass is 32.2. The highest BCUT2D eigenvalue weighted by Crippen LogP contribution is 2.56. The summed E-state index contributed by atoms with van der Waals surface area (Å²) in [6.07, 6.45) is 0. The first-order chi connectivity index (χ1) is 32.7. The van der Waals surface area contributed by atoms with Crippen molar-refractivity contribution in [1.82, 2.24) is 0 Å². The Kier molecular flexibility index (Phi) is 9.09. The lowest BCUT2D eigenvalue weighted by Gasteiger charge is -2.51. The molecule has 310 valence electrons. The Labute approximate surface area is 391 Å². The summed E-state index contributed by atoms with van der Waals surface area (Å²) in [4.78, 5) is 5.05. The molecule has 0 radical (unpaired) electrons. The fourth-order valence-corrected chi connectivity index (χ4v) is 18.1. The molecular weight excluding hydrogens is 831 g/mol. The molecular formula is C63H43NSSi. The highest BCUT2D eigenvalue weighted by molar-refractivity contribution is 7.99. The number of fused-ring (bicyclic) bond motifs is 11. The number of hydrogen-bond donors (Lipinski definition) is 0. The van der Waals surface area contributed by atoms with Gasteiger partial charge in [0.15, 0.2) is 8.07 Å². The molecule has 0 aliphatic carbocycles. The Hall–Kier alpha value is -7.69. The van der Waals surface area contributed by atoms with E-state index in [-0.39, 0.29) is 0 Å². The van der Waals surface area contributed by atoms with Crippen LogP contribution < -0.4 is 25.6 Å². The average Bonchev–Trinajstić information content (AvgIpc) is 3.40. The lowest BCUT2D eigenvalue weighted by Crippen LogP contribution is -2.79. The minimum Gasteiger partial charge on any atom is -0.310 e. The van der Waals surface area contributed by atoms with E-state index in [1.54, 1.807) is 0 Å². The molecule has 2 aliphatic rings. The zero-order valence-corrected chi connectivity index (χ0v) is 38.0. The van der Waals surface area contributed by atoms with Gasteiger partial charge in [-0.3, -0.25) is 0 Å². The summed E-state index contributed by atoms with van der Waals surface area (Å²) in [5, 5.41) is 10.6. The molecule has 1 spiro atoms. The van der Waals surface area contributed by atoms with Crippen molar-refractivity contribution < 1.29 is 0 Å². The fraction of sp³-hybridized carbons (Fsp3) is 0.0159. The molecule has 11 aromatic carbocycles. The van der Waals surface area contributed by atoms with Crippen LogP contribution in [0.25, 0.3) is 32.7 Å². The molecule has 0 unspecified atom stereocenters. The van der Waals surface area contributed by atoms with Crippen molar-refractivity contribution in [2.75, 3.05) is 4.90 Å². The van der Waals surface area contributed by atoms with E-state index in [1.165, 1.54) is 85.5 Å². The summed E-state index contributed by atoms with van der Waals surface area (Å²) in [5.41, 5.74) is 10.7. The van der Waals surface area contributed by atoms with Crippen molar-refractivity contribution in [3.63, 3.8) is 0 Å². The van der Waals surface area contributed by atoms with Crippen molar-refractivity contribution in [3.8, 4) is 11.1 Å². The van der Waals surface area contributed by atoms with Crippen LogP contribution in [0.15, 0.2) is 271 Å². The van der Waals surface area contributed by atoms with Gasteiger partial charge >= 0.3 is 0 Å². The SMILES string of the molecule is c1ccc(N(c2ccc(-c3ccc4c(c3)[Si](c3ccccc3)(c3ccccc3)c3ccccc3C43c4ccccc4Sc4ccccc43)cc2)c2cc3ccccc3c3ccccc23)cc1. The van der Waals surface area contributed by atoms with Gasteiger partial charge in [0.2, 0.25) is 0 Å².